The number of benzene rings is 1. The van der Waals surface area contributed by atoms with E-state index in [1.165, 1.54) is 17.0 Å². The fourth-order valence-corrected chi connectivity index (χ4v) is 2.88. The van der Waals surface area contributed by atoms with Crippen LogP contribution in [0.1, 0.15) is 5.56 Å². The standard InChI is InChI=1S/C12H10ClN3O4S/c1-14-12-15(2)11(18)9(21-12)4-6-3-7(13)5-8(10(6)17)16(19)20/h3-5,17H,1-2H3. The summed E-state index contributed by atoms with van der Waals surface area (Å²) in [5.74, 6) is -0.836. The van der Waals surface area contributed by atoms with E-state index >= 15 is 0 Å². The summed E-state index contributed by atoms with van der Waals surface area (Å²) in [6, 6.07) is 2.40. The lowest BCUT2D eigenvalue weighted by Crippen LogP contribution is -2.23. The molecule has 21 heavy (non-hydrogen) atoms. The van der Waals surface area contributed by atoms with Crippen molar-refractivity contribution in [1.82, 2.24) is 4.90 Å². The highest BCUT2D eigenvalue weighted by Crippen LogP contribution is 2.37. The predicted molar refractivity (Wildman–Crippen MR) is 81.5 cm³/mol. The van der Waals surface area contributed by atoms with E-state index in [0.717, 1.165) is 17.8 Å². The summed E-state index contributed by atoms with van der Waals surface area (Å²) in [4.78, 5) is 27.7. The van der Waals surface area contributed by atoms with Crippen molar-refractivity contribution in [3.8, 4) is 5.75 Å². The number of likely N-dealkylation sites (N-methyl/N-ethyl adjacent to an activating group) is 1. The number of hydrogen-bond acceptors (Lipinski definition) is 6. The van der Waals surface area contributed by atoms with Gasteiger partial charge in [0.05, 0.1) is 9.83 Å². The van der Waals surface area contributed by atoms with Gasteiger partial charge < -0.3 is 5.11 Å². The van der Waals surface area contributed by atoms with Gasteiger partial charge in [0.1, 0.15) is 0 Å². The molecule has 1 aromatic carbocycles. The fraction of sp³-hybridized carbons (Fsp3) is 0.167. The number of carbonyl (C=O) groups excluding carboxylic acids is 1. The zero-order chi connectivity index (χ0) is 15.7. The Bertz CT molecular complexity index is 702. The second kappa shape index (κ2) is 5.74. The summed E-state index contributed by atoms with van der Waals surface area (Å²) in [7, 11) is 3.12. The SMILES string of the molecule is CN=C1SC(=Cc2cc(Cl)cc([N+](=O)[O-])c2O)C(=O)N1C. The van der Waals surface area contributed by atoms with Gasteiger partial charge in [-0.25, -0.2) is 0 Å². The van der Waals surface area contributed by atoms with Crippen LogP contribution in [0.25, 0.3) is 6.08 Å². The second-order valence-corrected chi connectivity index (χ2v) is 5.55. The van der Waals surface area contributed by atoms with Gasteiger partial charge in [-0.1, -0.05) is 11.6 Å². The number of thioether (sulfide) groups is 1. The van der Waals surface area contributed by atoms with E-state index in [2.05, 4.69) is 4.99 Å². The first-order valence-electron chi connectivity index (χ1n) is 5.66. The van der Waals surface area contributed by atoms with Crippen molar-refractivity contribution >= 4 is 46.2 Å². The van der Waals surface area contributed by atoms with Gasteiger partial charge in [0.15, 0.2) is 5.17 Å². The van der Waals surface area contributed by atoms with Crippen LogP contribution in [0.3, 0.4) is 0 Å². The van der Waals surface area contributed by atoms with Crippen molar-refractivity contribution in [2.24, 2.45) is 4.99 Å². The molecule has 1 N–H and O–H groups in total. The van der Waals surface area contributed by atoms with Crippen LogP contribution in [0.2, 0.25) is 5.02 Å². The molecule has 0 spiro atoms. The molecule has 0 radical (unpaired) electrons. The number of rotatable bonds is 2. The number of nitro groups is 1. The Labute approximate surface area is 129 Å². The van der Waals surface area contributed by atoms with Crippen molar-refractivity contribution in [3.63, 3.8) is 0 Å². The smallest absolute Gasteiger partial charge is 0.312 e. The molecule has 1 saturated heterocycles. The van der Waals surface area contributed by atoms with Gasteiger partial charge >= 0.3 is 5.69 Å². The van der Waals surface area contributed by atoms with E-state index in [-0.39, 0.29) is 16.5 Å². The number of amides is 1. The molecular formula is C12H10ClN3O4S. The molecule has 2 rings (SSSR count). The molecule has 0 bridgehead atoms. The van der Waals surface area contributed by atoms with Crippen molar-refractivity contribution in [1.29, 1.82) is 0 Å². The molecule has 0 saturated carbocycles. The zero-order valence-corrected chi connectivity index (χ0v) is 12.6. The first kappa shape index (κ1) is 15.3. The molecule has 0 unspecified atom stereocenters. The number of phenolic OH excluding ortho intramolecular Hbond substituents is 1. The topological polar surface area (TPSA) is 96.0 Å². The molecule has 110 valence electrons. The van der Waals surface area contributed by atoms with Crippen LogP contribution in [-0.4, -0.2) is 40.1 Å². The van der Waals surface area contributed by atoms with E-state index in [1.807, 2.05) is 0 Å². The number of aromatic hydroxyl groups is 1. The number of hydrogen-bond donors (Lipinski definition) is 1. The Balaban J connectivity index is 2.52. The number of carbonyl (C=O) groups is 1. The maximum Gasteiger partial charge on any atom is 0.312 e. The summed E-state index contributed by atoms with van der Waals surface area (Å²) in [5.41, 5.74) is -0.404. The molecule has 9 heteroatoms. The maximum atomic E-state index is 12.0. The first-order chi connectivity index (χ1) is 9.85. The molecule has 1 aliphatic heterocycles. The van der Waals surface area contributed by atoms with Crippen LogP contribution in [-0.2, 0) is 4.79 Å². The first-order valence-corrected chi connectivity index (χ1v) is 6.86. The van der Waals surface area contributed by atoms with Gasteiger partial charge in [0, 0.05) is 30.7 Å². The van der Waals surface area contributed by atoms with E-state index in [1.54, 1.807) is 14.1 Å². The largest absolute Gasteiger partial charge is 0.502 e. The second-order valence-electron chi connectivity index (χ2n) is 4.10. The lowest BCUT2D eigenvalue weighted by Gasteiger charge is -2.05. The summed E-state index contributed by atoms with van der Waals surface area (Å²) in [6.45, 7) is 0. The van der Waals surface area contributed by atoms with Crippen LogP contribution < -0.4 is 0 Å². The molecule has 1 heterocycles. The number of aliphatic imine (C=N–C) groups is 1. The van der Waals surface area contributed by atoms with Crippen LogP contribution in [0.5, 0.6) is 5.75 Å². The quantitative estimate of drug-likeness (QED) is 0.511. The van der Waals surface area contributed by atoms with E-state index in [0.29, 0.717) is 10.1 Å². The van der Waals surface area contributed by atoms with Gasteiger partial charge in [0.2, 0.25) is 5.75 Å². The van der Waals surface area contributed by atoms with Crippen molar-refractivity contribution < 1.29 is 14.8 Å². The van der Waals surface area contributed by atoms with Gasteiger partial charge in [-0.05, 0) is 23.9 Å². The highest BCUT2D eigenvalue weighted by Gasteiger charge is 2.30. The maximum absolute atomic E-state index is 12.0. The van der Waals surface area contributed by atoms with Crippen LogP contribution >= 0.6 is 23.4 Å². The lowest BCUT2D eigenvalue weighted by atomic mass is 10.1. The minimum atomic E-state index is -0.738. The van der Waals surface area contributed by atoms with Gasteiger partial charge in [-0.15, -0.1) is 0 Å². The summed E-state index contributed by atoms with van der Waals surface area (Å²) in [6.07, 6.45) is 1.36. The number of phenols is 1. The van der Waals surface area contributed by atoms with Crippen molar-refractivity contribution in [3.05, 3.63) is 37.7 Å². The molecule has 7 nitrogen and oxygen atoms in total. The van der Waals surface area contributed by atoms with Crippen LogP contribution in [0.4, 0.5) is 5.69 Å². The Kier molecular flexibility index (Phi) is 4.19. The van der Waals surface area contributed by atoms with Crippen molar-refractivity contribution in [2.45, 2.75) is 0 Å². The Hall–Kier alpha value is -2.06. The minimum Gasteiger partial charge on any atom is -0.502 e. The molecule has 1 aromatic rings. The number of amidine groups is 1. The highest BCUT2D eigenvalue weighted by molar-refractivity contribution is 8.18. The third-order valence-corrected chi connectivity index (χ3v) is 4.13. The summed E-state index contributed by atoms with van der Waals surface area (Å²) in [5, 5.41) is 21.4. The zero-order valence-electron chi connectivity index (χ0n) is 11.0. The molecule has 1 fully saturated rings. The van der Waals surface area contributed by atoms with Crippen LogP contribution in [0, 0.1) is 10.1 Å². The van der Waals surface area contributed by atoms with Gasteiger partial charge in [-0.3, -0.25) is 24.8 Å². The third-order valence-electron chi connectivity index (χ3n) is 2.76. The fourth-order valence-electron chi connectivity index (χ4n) is 1.75. The average molecular weight is 328 g/mol. The van der Waals surface area contributed by atoms with Gasteiger partial charge in [-0.2, -0.15) is 0 Å². The van der Waals surface area contributed by atoms with E-state index in [4.69, 9.17) is 11.6 Å². The monoisotopic (exact) mass is 327 g/mol. The molecular weight excluding hydrogens is 318 g/mol. The predicted octanol–water partition coefficient (Wildman–Crippen LogP) is 2.49. The summed E-state index contributed by atoms with van der Waals surface area (Å²) < 4.78 is 0. The van der Waals surface area contributed by atoms with Gasteiger partial charge in [0.25, 0.3) is 5.91 Å². The number of nitrogens with zero attached hydrogens (tertiary/aromatic N) is 3. The lowest BCUT2D eigenvalue weighted by molar-refractivity contribution is -0.385. The van der Waals surface area contributed by atoms with Crippen molar-refractivity contribution in [2.75, 3.05) is 14.1 Å². The normalized spacial score (nSPS) is 18.8. The Morgan fingerprint density at radius 2 is 2.19 bits per heavy atom. The van der Waals surface area contributed by atoms with E-state index < -0.39 is 16.4 Å². The number of halogens is 1. The molecule has 0 aliphatic carbocycles. The average Bonchev–Trinajstić information content (AvgIpc) is 2.70. The van der Waals surface area contributed by atoms with Crippen LogP contribution in [0.15, 0.2) is 22.0 Å². The Morgan fingerprint density at radius 1 is 1.52 bits per heavy atom. The van der Waals surface area contributed by atoms with E-state index in [9.17, 15) is 20.0 Å². The third kappa shape index (κ3) is 2.86. The molecule has 0 atom stereocenters. The minimum absolute atomic E-state index is 0.0968. The summed E-state index contributed by atoms with van der Waals surface area (Å²) >= 11 is 6.92. The number of nitro benzene ring substituents is 1. The highest BCUT2D eigenvalue weighted by atomic mass is 35.5. The molecule has 1 aliphatic rings. The molecule has 0 aromatic heterocycles. The Morgan fingerprint density at radius 3 is 2.71 bits per heavy atom. The molecule has 1 amide bonds.